The number of aryl methyl sites for hydroxylation is 3. The maximum absolute atomic E-state index is 11.8. The molecule has 0 saturated heterocycles. The number of H-pyrrole nitrogens is 1. The number of nitrogens with one attached hydrogen (secondary N) is 1. The van der Waals surface area contributed by atoms with E-state index in [1.165, 1.54) is 29.5 Å². The molecule has 0 radical (unpaired) electrons. The average Bonchev–Trinajstić information content (AvgIpc) is 2.92. The Bertz CT molecular complexity index is 858. The predicted octanol–water partition coefficient (Wildman–Crippen LogP) is 5.61. The quantitative estimate of drug-likeness (QED) is 0.611. The van der Waals surface area contributed by atoms with Crippen LogP contribution in [0.3, 0.4) is 0 Å². The van der Waals surface area contributed by atoms with Gasteiger partial charge in [-0.25, -0.2) is 0 Å². The Morgan fingerprint density at radius 2 is 1.91 bits per heavy atom. The number of aromatic nitrogens is 1. The molecule has 3 rings (SSSR count). The molecular weight excluding hydrogens is 282 g/mol. The fraction of sp³-hybridized carbons (Fsp3) is 0.286. The second kappa shape index (κ2) is 6.41. The zero-order valence-corrected chi connectivity index (χ0v) is 14.1. The monoisotopic (exact) mass is 305 g/mol. The second-order valence-electron chi connectivity index (χ2n) is 6.33. The molecule has 0 unspecified atom stereocenters. The minimum absolute atomic E-state index is 0.770. The van der Waals surface area contributed by atoms with Crippen molar-refractivity contribution in [3.05, 3.63) is 58.7 Å². The van der Waals surface area contributed by atoms with Gasteiger partial charge in [-0.1, -0.05) is 37.1 Å². The Morgan fingerprint density at radius 3 is 2.65 bits per heavy atom. The summed E-state index contributed by atoms with van der Waals surface area (Å²) >= 11 is 0. The van der Waals surface area contributed by atoms with Gasteiger partial charge < -0.3 is 4.98 Å². The SMILES string of the molecule is CCCCc1ccc2[nH]c(-c3cc(C)ccc3C)c(C=O)c2c1. The minimum Gasteiger partial charge on any atom is -0.354 e. The van der Waals surface area contributed by atoms with Gasteiger partial charge in [-0.15, -0.1) is 0 Å². The van der Waals surface area contributed by atoms with E-state index >= 15 is 0 Å². The van der Waals surface area contributed by atoms with Crippen LogP contribution in [0.1, 0.15) is 46.8 Å². The van der Waals surface area contributed by atoms with E-state index in [4.69, 9.17) is 0 Å². The zero-order chi connectivity index (χ0) is 16.4. The van der Waals surface area contributed by atoms with Crippen molar-refractivity contribution in [3.63, 3.8) is 0 Å². The lowest BCUT2D eigenvalue weighted by Crippen LogP contribution is -1.89. The molecule has 23 heavy (non-hydrogen) atoms. The number of aromatic amines is 1. The first-order valence-electron chi connectivity index (χ1n) is 8.31. The maximum atomic E-state index is 11.8. The van der Waals surface area contributed by atoms with Crippen molar-refractivity contribution in [2.24, 2.45) is 0 Å². The first-order valence-corrected chi connectivity index (χ1v) is 8.31. The third-order valence-electron chi connectivity index (χ3n) is 4.50. The van der Waals surface area contributed by atoms with Crippen LogP contribution in [-0.4, -0.2) is 11.3 Å². The summed E-state index contributed by atoms with van der Waals surface area (Å²) in [5.74, 6) is 0. The van der Waals surface area contributed by atoms with Crippen LogP contribution in [0.15, 0.2) is 36.4 Å². The topological polar surface area (TPSA) is 32.9 Å². The molecule has 0 spiro atoms. The van der Waals surface area contributed by atoms with Gasteiger partial charge in [0.15, 0.2) is 6.29 Å². The molecule has 1 aromatic heterocycles. The highest BCUT2D eigenvalue weighted by atomic mass is 16.1. The second-order valence-corrected chi connectivity index (χ2v) is 6.33. The molecule has 0 saturated carbocycles. The molecule has 0 aliphatic heterocycles. The summed E-state index contributed by atoms with van der Waals surface area (Å²) < 4.78 is 0. The standard InChI is InChI=1S/C21H23NO/c1-4-5-6-16-9-10-20-18(12-16)19(13-23)21(22-20)17-11-14(2)7-8-15(17)3/h7-13,22H,4-6H2,1-3H3. The molecule has 2 aromatic carbocycles. The Balaban J connectivity index is 2.18. The molecule has 2 heteroatoms. The number of carbonyl (C=O) groups excluding carboxylic acids is 1. The summed E-state index contributed by atoms with van der Waals surface area (Å²) in [5.41, 5.74) is 7.52. The minimum atomic E-state index is 0.770. The highest BCUT2D eigenvalue weighted by Gasteiger charge is 2.14. The summed E-state index contributed by atoms with van der Waals surface area (Å²) in [6, 6.07) is 12.8. The van der Waals surface area contributed by atoms with E-state index in [2.05, 4.69) is 62.2 Å². The largest absolute Gasteiger partial charge is 0.354 e. The first kappa shape index (κ1) is 15.5. The molecule has 118 valence electrons. The summed E-state index contributed by atoms with van der Waals surface area (Å²) in [6.07, 6.45) is 4.41. The summed E-state index contributed by atoms with van der Waals surface area (Å²) in [5, 5.41) is 1.03. The molecule has 1 N–H and O–H groups in total. The lowest BCUT2D eigenvalue weighted by molar-refractivity contribution is 0.112. The van der Waals surface area contributed by atoms with Crippen LogP contribution in [0, 0.1) is 13.8 Å². The van der Waals surface area contributed by atoms with Crippen LogP contribution in [-0.2, 0) is 6.42 Å². The van der Waals surface area contributed by atoms with Gasteiger partial charge in [0.2, 0.25) is 0 Å². The number of benzene rings is 2. The Hall–Kier alpha value is -2.35. The number of carbonyl (C=O) groups is 1. The summed E-state index contributed by atoms with van der Waals surface area (Å²) in [7, 11) is 0. The molecular formula is C21H23NO. The van der Waals surface area contributed by atoms with Gasteiger partial charge >= 0.3 is 0 Å². The van der Waals surface area contributed by atoms with Crippen molar-refractivity contribution in [1.29, 1.82) is 0 Å². The fourth-order valence-electron chi connectivity index (χ4n) is 3.14. The molecule has 1 heterocycles. The van der Waals surface area contributed by atoms with E-state index < -0.39 is 0 Å². The van der Waals surface area contributed by atoms with E-state index in [1.807, 2.05) is 0 Å². The number of fused-ring (bicyclic) bond motifs is 1. The van der Waals surface area contributed by atoms with Crippen LogP contribution < -0.4 is 0 Å². The Morgan fingerprint density at radius 1 is 1.09 bits per heavy atom. The molecule has 0 fully saturated rings. The van der Waals surface area contributed by atoms with Gasteiger partial charge in [-0.3, -0.25) is 4.79 Å². The van der Waals surface area contributed by atoms with Crippen molar-refractivity contribution in [2.45, 2.75) is 40.0 Å². The lowest BCUT2D eigenvalue weighted by Gasteiger charge is -2.06. The maximum Gasteiger partial charge on any atom is 0.152 e. The van der Waals surface area contributed by atoms with Gasteiger partial charge in [0.25, 0.3) is 0 Å². The Labute approximate surface area is 137 Å². The van der Waals surface area contributed by atoms with E-state index in [9.17, 15) is 4.79 Å². The highest BCUT2D eigenvalue weighted by Crippen LogP contribution is 2.32. The fourth-order valence-corrected chi connectivity index (χ4v) is 3.14. The number of hydrogen-bond donors (Lipinski definition) is 1. The van der Waals surface area contributed by atoms with E-state index in [1.54, 1.807) is 0 Å². The smallest absolute Gasteiger partial charge is 0.152 e. The molecule has 0 aliphatic rings. The van der Waals surface area contributed by atoms with Crippen molar-refractivity contribution >= 4 is 17.2 Å². The number of rotatable bonds is 5. The number of aldehydes is 1. The summed E-state index contributed by atoms with van der Waals surface area (Å²) in [6.45, 7) is 6.36. The lowest BCUT2D eigenvalue weighted by atomic mass is 9.99. The van der Waals surface area contributed by atoms with Gasteiger partial charge in [0.05, 0.1) is 5.69 Å². The van der Waals surface area contributed by atoms with Crippen LogP contribution in [0.25, 0.3) is 22.2 Å². The third-order valence-corrected chi connectivity index (χ3v) is 4.50. The van der Waals surface area contributed by atoms with Gasteiger partial charge in [0.1, 0.15) is 0 Å². The van der Waals surface area contributed by atoms with Crippen LogP contribution in [0.5, 0.6) is 0 Å². The molecule has 0 atom stereocenters. The average molecular weight is 305 g/mol. The van der Waals surface area contributed by atoms with Crippen LogP contribution in [0.2, 0.25) is 0 Å². The molecule has 0 aliphatic carbocycles. The summed E-state index contributed by atoms with van der Waals surface area (Å²) in [4.78, 5) is 15.2. The van der Waals surface area contributed by atoms with Gasteiger partial charge in [-0.2, -0.15) is 0 Å². The Kier molecular flexibility index (Phi) is 4.33. The first-order chi connectivity index (χ1) is 11.1. The van der Waals surface area contributed by atoms with Crippen molar-refractivity contribution in [2.75, 3.05) is 0 Å². The zero-order valence-electron chi connectivity index (χ0n) is 14.1. The van der Waals surface area contributed by atoms with E-state index in [0.29, 0.717) is 0 Å². The van der Waals surface area contributed by atoms with Crippen LogP contribution >= 0.6 is 0 Å². The van der Waals surface area contributed by atoms with Crippen molar-refractivity contribution in [1.82, 2.24) is 4.98 Å². The predicted molar refractivity (Wildman–Crippen MR) is 97.2 cm³/mol. The molecule has 2 nitrogen and oxygen atoms in total. The van der Waals surface area contributed by atoms with Crippen molar-refractivity contribution < 1.29 is 4.79 Å². The van der Waals surface area contributed by atoms with Gasteiger partial charge in [0, 0.05) is 22.0 Å². The number of hydrogen-bond acceptors (Lipinski definition) is 1. The number of unbranched alkanes of at least 4 members (excludes halogenated alkanes) is 1. The highest BCUT2D eigenvalue weighted by molar-refractivity contribution is 6.04. The van der Waals surface area contributed by atoms with Gasteiger partial charge in [-0.05, 0) is 56.0 Å². The third kappa shape index (κ3) is 2.94. The normalized spacial score (nSPS) is 11.1. The van der Waals surface area contributed by atoms with Crippen LogP contribution in [0.4, 0.5) is 0 Å². The molecule has 3 aromatic rings. The van der Waals surface area contributed by atoms with Crippen molar-refractivity contribution in [3.8, 4) is 11.3 Å². The molecule has 0 amide bonds. The van der Waals surface area contributed by atoms with E-state index in [-0.39, 0.29) is 0 Å². The molecule has 0 bridgehead atoms. The van der Waals surface area contributed by atoms with E-state index in [0.717, 1.165) is 40.4 Å².